The van der Waals surface area contributed by atoms with Crippen LogP contribution in [0.5, 0.6) is 0 Å². The predicted molar refractivity (Wildman–Crippen MR) is 119 cm³/mol. The van der Waals surface area contributed by atoms with Crippen molar-refractivity contribution in [3.63, 3.8) is 0 Å². The zero-order chi connectivity index (χ0) is 26.4. The van der Waals surface area contributed by atoms with Gasteiger partial charge in [0, 0.05) is 31.5 Å². The Morgan fingerprint density at radius 1 is 1.22 bits per heavy atom. The highest BCUT2D eigenvalue weighted by Crippen LogP contribution is 2.65. The fourth-order valence-electron chi connectivity index (χ4n) is 6.11. The molecule has 7 atom stereocenters. The quantitative estimate of drug-likeness (QED) is 0.368. The molecule has 0 aromatic heterocycles. The molecular formula is C23H31F3N6O4. The van der Waals surface area contributed by atoms with Gasteiger partial charge in [-0.25, -0.2) is 0 Å². The lowest BCUT2D eigenvalue weighted by molar-refractivity contribution is -0.175. The zero-order valence-corrected chi connectivity index (χ0v) is 20.2. The maximum Gasteiger partial charge on any atom is 0.471 e. The van der Waals surface area contributed by atoms with Crippen LogP contribution in [-0.2, 0) is 19.2 Å². The van der Waals surface area contributed by atoms with Crippen LogP contribution in [0.15, 0.2) is 0 Å². The summed E-state index contributed by atoms with van der Waals surface area (Å²) in [5.41, 5.74) is -0.258. The van der Waals surface area contributed by atoms with Crippen molar-refractivity contribution in [2.45, 2.75) is 57.4 Å². The van der Waals surface area contributed by atoms with Crippen molar-refractivity contribution in [3.05, 3.63) is 0 Å². The molecule has 36 heavy (non-hydrogen) atoms. The van der Waals surface area contributed by atoms with Crippen LogP contribution >= 0.6 is 0 Å². The van der Waals surface area contributed by atoms with E-state index in [0.717, 1.165) is 0 Å². The summed E-state index contributed by atoms with van der Waals surface area (Å²) in [6.45, 7) is 5.35. The van der Waals surface area contributed by atoms with Gasteiger partial charge in [-0.15, -0.1) is 0 Å². The summed E-state index contributed by atoms with van der Waals surface area (Å²) in [5, 5.41) is 19.8. The summed E-state index contributed by atoms with van der Waals surface area (Å²) in [6, 6.07) is -1.37. The molecule has 4 fully saturated rings. The SMILES string of the molecule is CC1(C)[C@@H]2[C@@H](C(=O)NC(C#N)C[C@@H]3CCNC3=O)N(C(=O)C(NC(=O)C(F)(F)F)[C@H]3CCNC3)C[C@@H]21. The van der Waals surface area contributed by atoms with E-state index in [0.29, 0.717) is 25.9 Å². The third-order valence-electron chi connectivity index (χ3n) is 8.30. The number of carbonyl (C=O) groups is 4. The molecule has 198 valence electrons. The molecule has 3 heterocycles. The minimum absolute atomic E-state index is 0.0287. The molecule has 3 saturated heterocycles. The summed E-state index contributed by atoms with van der Waals surface area (Å²) in [6.07, 6.45) is -4.07. The normalized spacial score (nSPS) is 32.2. The number of hydrogen-bond acceptors (Lipinski definition) is 6. The van der Waals surface area contributed by atoms with E-state index in [9.17, 15) is 37.6 Å². The monoisotopic (exact) mass is 512 g/mol. The van der Waals surface area contributed by atoms with Crippen LogP contribution in [0.1, 0.15) is 33.1 Å². The topological polar surface area (TPSA) is 143 Å². The van der Waals surface area contributed by atoms with Crippen LogP contribution in [0.25, 0.3) is 0 Å². The second-order valence-electron chi connectivity index (χ2n) is 10.8. The van der Waals surface area contributed by atoms with Crippen molar-refractivity contribution in [2.75, 3.05) is 26.2 Å². The molecule has 2 unspecified atom stereocenters. The van der Waals surface area contributed by atoms with Crippen molar-refractivity contribution in [1.29, 1.82) is 5.26 Å². The summed E-state index contributed by atoms with van der Waals surface area (Å²) in [5.74, 6) is -4.89. The molecule has 1 saturated carbocycles. The number of piperidine rings is 1. The molecule has 4 N–H and O–H groups in total. The molecule has 0 aromatic rings. The van der Waals surface area contributed by atoms with Gasteiger partial charge in [-0.05, 0) is 43.1 Å². The number of nitrogens with zero attached hydrogens (tertiary/aromatic N) is 2. The van der Waals surface area contributed by atoms with Gasteiger partial charge in [-0.1, -0.05) is 13.8 Å². The smallest absolute Gasteiger partial charge is 0.356 e. The highest BCUT2D eigenvalue weighted by atomic mass is 19.4. The Hall–Kier alpha value is -2.88. The third kappa shape index (κ3) is 4.87. The number of nitriles is 1. The summed E-state index contributed by atoms with van der Waals surface area (Å²) >= 11 is 0. The van der Waals surface area contributed by atoms with E-state index in [1.54, 1.807) is 0 Å². The summed E-state index contributed by atoms with van der Waals surface area (Å²) in [7, 11) is 0. The largest absolute Gasteiger partial charge is 0.471 e. The van der Waals surface area contributed by atoms with Crippen LogP contribution < -0.4 is 21.3 Å². The second-order valence-corrected chi connectivity index (χ2v) is 10.8. The van der Waals surface area contributed by atoms with Gasteiger partial charge in [0.25, 0.3) is 0 Å². The van der Waals surface area contributed by atoms with Crippen LogP contribution in [0.4, 0.5) is 13.2 Å². The van der Waals surface area contributed by atoms with Gasteiger partial charge in [-0.2, -0.15) is 18.4 Å². The molecule has 0 bridgehead atoms. The first-order valence-corrected chi connectivity index (χ1v) is 12.2. The number of halogens is 3. The van der Waals surface area contributed by atoms with Gasteiger partial charge in [0.05, 0.1) is 6.07 Å². The molecule has 10 nitrogen and oxygen atoms in total. The van der Waals surface area contributed by atoms with Crippen LogP contribution in [0.2, 0.25) is 0 Å². The lowest BCUT2D eigenvalue weighted by Gasteiger charge is -2.35. The van der Waals surface area contributed by atoms with Gasteiger partial charge < -0.3 is 26.2 Å². The Morgan fingerprint density at radius 2 is 1.94 bits per heavy atom. The Morgan fingerprint density at radius 3 is 2.50 bits per heavy atom. The fourth-order valence-corrected chi connectivity index (χ4v) is 6.11. The first kappa shape index (κ1) is 26.2. The number of rotatable bonds is 7. The zero-order valence-electron chi connectivity index (χ0n) is 20.2. The van der Waals surface area contributed by atoms with E-state index in [1.807, 2.05) is 25.2 Å². The number of alkyl halides is 3. The molecule has 0 aromatic carbocycles. The van der Waals surface area contributed by atoms with Crippen molar-refractivity contribution in [3.8, 4) is 6.07 Å². The van der Waals surface area contributed by atoms with Crippen molar-refractivity contribution < 1.29 is 32.3 Å². The molecule has 3 aliphatic heterocycles. The van der Waals surface area contributed by atoms with Gasteiger partial charge in [0.15, 0.2) is 0 Å². The number of likely N-dealkylation sites (tertiary alicyclic amines) is 1. The highest BCUT2D eigenvalue weighted by molar-refractivity contribution is 5.94. The molecule has 1 aliphatic carbocycles. The Balaban J connectivity index is 1.52. The van der Waals surface area contributed by atoms with Crippen LogP contribution in [0, 0.1) is 40.4 Å². The first-order valence-electron chi connectivity index (χ1n) is 12.2. The molecule has 4 amide bonds. The Kier molecular flexibility index (Phi) is 6.94. The van der Waals surface area contributed by atoms with Crippen molar-refractivity contribution in [1.82, 2.24) is 26.2 Å². The van der Waals surface area contributed by atoms with Gasteiger partial charge in [-0.3, -0.25) is 19.2 Å². The fraction of sp³-hybridized carbons (Fsp3) is 0.783. The predicted octanol–water partition coefficient (Wildman–Crippen LogP) is -0.339. The number of nitrogens with one attached hydrogen (secondary N) is 4. The van der Waals surface area contributed by atoms with E-state index in [4.69, 9.17) is 0 Å². The van der Waals surface area contributed by atoms with E-state index < -0.39 is 53.9 Å². The number of fused-ring (bicyclic) bond motifs is 1. The van der Waals surface area contributed by atoms with Crippen molar-refractivity contribution >= 4 is 23.6 Å². The van der Waals surface area contributed by atoms with Gasteiger partial charge in [0.2, 0.25) is 17.7 Å². The van der Waals surface area contributed by atoms with Gasteiger partial charge >= 0.3 is 12.1 Å². The Bertz CT molecular complexity index is 974. The molecule has 4 aliphatic rings. The van der Waals surface area contributed by atoms with Crippen LogP contribution in [0.3, 0.4) is 0 Å². The summed E-state index contributed by atoms with van der Waals surface area (Å²) in [4.78, 5) is 51.9. The minimum atomic E-state index is -5.15. The highest BCUT2D eigenvalue weighted by Gasteiger charge is 2.69. The number of hydrogen-bond donors (Lipinski definition) is 4. The lowest BCUT2D eigenvalue weighted by atomic mass is 9.94. The molecular weight excluding hydrogens is 481 g/mol. The third-order valence-corrected chi connectivity index (χ3v) is 8.30. The minimum Gasteiger partial charge on any atom is -0.356 e. The molecule has 13 heteroatoms. The maximum absolute atomic E-state index is 13.6. The molecule has 0 spiro atoms. The molecule has 4 rings (SSSR count). The summed E-state index contributed by atoms with van der Waals surface area (Å²) < 4.78 is 39.0. The lowest BCUT2D eigenvalue weighted by Crippen LogP contribution is -2.60. The Labute approximate surface area is 206 Å². The maximum atomic E-state index is 13.6. The van der Waals surface area contributed by atoms with E-state index in [-0.39, 0.29) is 42.7 Å². The standard InChI is InChI=1S/C23H31F3N6O4/c1-22(2)14-10-32(20(35)16(12-3-5-28-9-12)31-21(36)23(24,25)26)17(15(14)22)19(34)30-13(8-27)7-11-4-6-29-18(11)33/h11-17,28H,3-7,9-10H2,1-2H3,(H,29,33)(H,30,34)(H,31,36)/t11-,12-,13?,14-,15-,16?,17-/m0/s1. The van der Waals surface area contributed by atoms with Gasteiger partial charge in [0.1, 0.15) is 18.1 Å². The van der Waals surface area contributed by atoms with Crippen molar-refractivity contribution in [2.24, 2.45) is 29.1 Å². The first-order chi connectivity index (χ1) is 16.9. The van der Waals surface area contributed by atoms with E-state index >= 15 is 0 Å². The number of amides is 4. The molecule has 0 radical (unpaired) electrons. The average Bonchev–Trinajstić information content (AvgIpc) is 3.37. The van der Waals surface area contributed by atoms with E-state index in [1.165, 1.54) is 4.90 Å². The second kappa shape index (κ2) is 9.53. The van der Waals surface area contributed by atoms with E-state index in [2.05, 4.69) is 16.0 Å². The average molecular weight is 513 g/mol. The van der Waals surface area contributed by atoms with Crippen LogP contribution in [-0.4, -0.2) is 79.0 Å². The number of carbonyl (C=O) groups excluding carboxylic acids is 4.